The van der Waals surface area contributed by atoms with Gasteiger partial charge in [-0.05, 0) is 39.3 Å². The summed E-state index contributed by atoms with van der Waals surface area (Å²) in [6, 6.07) is 8.18. The molecule has 1 heterocycles. The van der Waals surface area contributed by atoms with Crippen molar-refractivity contribution in [3.63, 3.8) is 0 Å². The van der Waals surface area contributed by atoms with Crippen LogP contribution in [0.2, 0.25) is 0 Å². The minimum Gasteiger partial charge on any atom is -0.342 e. The van der Waals surface area contributed by atoms with Gasteiger partial charge in [0.05, 0.1) is 10.9 Å². The van der Waals surface area contributed by atoms with Gasteiger partial charge in [-0.3, -0.25) is 9.36 Å². The van der Waals surface area contributed by atoms with Crippen molar-refractivity contribution >= 4 is 17.7 Å². The lowest BCUT2D eigenvalue weighted by molar-refractivity contribution is -0.129. The van der Waals surface area contributed by atoms with E-state index in [-0.39, 0.29) is 11.2 Å². The van der Waals surface area contributed by atoms with Gasteiger partial charge in [-0.25, -0.2) is 4.98 Å². The molecule has 0 aliphatic carbocycles. The van der Waals surface area contributed by atoms with E-state index in [4.69, 9.17) is 0 Å². The second-order valence-electron chi connectivity index (χ2n) is 5.14. The number of aromatic nitrogens is 2. The van der Waals surface area contributed by atoms with E-state index in [0.29, 0.717) is 0 Å². The SMILES string of the molecule is CCN(CC)C(=O)C(C)Sc1nccn1-c1ccccc1C. The quantitative estimate of drug-likeness (QED) is 0.765. The Kier molecular flexibility index (Phi) is 5.66. The van der Waals surface area contributed by atoms with Crippen molar-refractivity contribution in [3.8, 4) is 5.69 Å². The minimum atomic E-state index is -0.148. The first-order valence-electron chi connectivity index (χ1n) is 7.63. The lowest BCUT2D eigenvalue weighted by Gasteiger charge is -2.22. The molecule has 2 aromatic rings. The van der Waals surface area contributed by atoms with E-state index in [1.165, 1.54) is 17.3 Å². The minimum absolute atomic E-state index is 0.148. The molecule has 22 heavy (non-hydrogen) atoms. The maximum absolute atomic E-state index is 12.4. The van der Waals surface area contributed by atoms with Gasteiger partial charge in [0.25, 0.3) is 0 Å². The number of rotatable bonds is 6. The molecular weight excluding hydrogens is 294 g/mol. The third-order valence-corrected chi connectivity index (χ3v) is 4.75. The predicted molar refractivity (Wildman–Crippen MR) is 91.5 cm³/mol. The monoisotopic (exact) mass is 317 g/mol. The van der Waals surface area contributed by atoms with Crippen LogP contribution in [0.3, 0.4) is 0 Å². The molecule has 0 saturated carbocycles. The van der Waals surface area contributed by atoms with Crippen LogP contribution in [-0.2, 0) is 4.79 Å². The zero-order valence-electron chi connectivity index (χ0n) is 13.6. The molecule has 0 spiro atoms. The van der Waals surface area contributed by atoms with Gasteiger partial charge in [-0.1, -0.05) is 30.0 Å². The number of hydrogen-bond donors (Lipinski definition) is 0. The van der Waals surface area contributed by atoms with E-state index in [9.17, 15) is 4.79 Å². The summed E-state index contributed by atoms with van der Waals surface area (Å²) in [5, 5.41) is 0.701. The van der Waals surface area contributed by atoms with Crippen LogP contribution in [0.5, 0.6) is 0 Å². The number of imidazole rings is 1. The Labute approximate surface area is 136 Å². The highest BCUT2D eigenvalue weighted by molar-refractivity contribution is 8.00. The van der Waals surface area contributed by atoms with E-state index in [0.717, 1.165) is 23.9 Å². The van der Waals surface area contributed by atoms with Crippen LogP contribution in [0.4, 0.5) is 0 Å². The molecule has 1 unspecified atom stereocenters. The van der Waals surface area contributed by atoms with E-state index in [1.54, 1.807) is 6.20 Å². The van der Waals surface area contributed by atoms with Crippen molar-refractivity contribution in [2.45, 2.75) is 38.1 Å². The maximum atomic E-state index is 12.4. The fourth-order valence-electron chi connectivity index (χ4n) is 2.39. The summed E-state index contributed by atoms with van der Waals surface area (Å²) in [5.74, 6) is 0.161. The van der Waals surface area contributed by atoms with Crippen molar-refractivity contribution in [2.75, 3.05) is 13.1 Å². The summed E-state index contributed by atoms with van der Waals surface area (Å²) in [6.07, 6.45) is 3.72. The number of amides is 1. The second-order valence-corrected chi connectivity index (χ2v) is 6.44. The molecule has 118 valence electrons. The summed E-state index contributed by atoms with van der Waals surface area (Å²) < 4.78 is 2.05. The average molecular weight is 317 g/mol. The molecular formula is C17H23N3OS. The number of aryl methyl sites for hydroxylation is 1. The number of para-hydroxylation sites is 1. The average Bonchev–Trinajstić information content (AvgIpc) is 2.96. The van der Waals surface area contributed by atoms with Crippen molar-refractivity contribution in [2.24, 2.45) is 0 Å². The topological polar surface area (TPSA) is 38.1 Å². The maximum Gasteiger partial charge on any atom is 0.235 e. The number of benzene rings is 1. The van der Waals surface area contributed by atoms with Crippen LogP contribution in [0.1, 0.15) is 26.3 Å². The van der Waals surface area contributed by atoms with Gasteiger partial charge in [0, 0.05) is 25.5 Å². The first kappa shape index (κ1) is 16.6. The summed E-state index contributed by atoms with van der Waals surface area (Å²) in [6.45, 7) is 9.52. The van der Waals surface area contributed by atoms with Crippen LogP contribution in [0.15, 0.2) is 41.8 Å². The second kappa shape index (κ2) is 7.49. The van der Waals surface area contributed by atoms with Gasteiger partial charge in [-0.15, -0.1) is 0 Å². The Morgan fingerprint density at radius 3 is 2.64 bits per heavy atom. The number of hydrogen-bond acceptors (Lipinski definition) is 3. The molecule has 0 fully saturated rings. The van der Waals surface area contributed by atoms with Crippen LogP contribution in [0, 0.1) is 6.92 Å². The third kappa shape index (κ3) is 3.53. The van der Waals surface area contributed by atoms with E-state index >= 15 is 0 Å². The van der Waals surface area contributed by atoms with Crippen molar-refractivity contribution in [3.05, 3.63) is 42.2 Å². The standard InChI is InChI=1S/C17H23N3OS/c1-5-19(6-2)16(21)14(4)22-17-18-11-12-20(17)15-10-8-7-9-13(15)3/h7-12,14H,5-6H2,1-4H3. The molecule has 0 aliphatic rings. The zero-order chi connectivity index (χ0) is 16.1. The normalized spacial score (nSPS) is 12.2. The van der Waals surface area contributed by atoms with Gasteiger partial charge < -0.3 is 4.90 Å². The summed E-state index contributed by atoms with van der Waals surface area (Å²) in [5.41, 5.74) is 2.29. The van der Waals surface area contributed by atoms with Crippen molar-refractivity contribution in [1.82, 2.24) is 14.5 Å². The van der Waals surface area contributed by atoms with E-state index in [2.05, 4.69) is 24.0 Å². The smallest absolute Gasteiger partial charge is 0.235 e. The Hall–Kier alpha value is -1.75. The first-order valence-corrected chi connectivity index (χ1v) is 8.51. The molecule has 0 radical (unpaired) electrons. The third-order valence-electron chi connectivity index (χ3n) is 3.69. The zero-order valence-corrected chi connectivity index (χ0v) is 14.4. The highest BCUT2D eigenvalue weighted by Gasteiger charge is 2.21. The number of thioether (sulfide) groups is 1. The number of nitrogens with zero attached hydrogens (tertiary/aromatic N) is 3. The van der Waals surface area contributed by atoms with E-state index < -0.39 is 0 Å². The van der Waals surface area contributed by atoms with E-state index in [1.807, 2.05) is 48.6 Å². The molecule has 0 aliphatic heterocycles. The lowest BCUT2D eigenvalue weighted by atomic mass is 10.2. The van der Waals surface area contributed by atoms with Crippen LogP contribution in [0.25, 0.3) is 5.69 Å². The van der Waals surface area contributed by atoms with Gasteiger partial charge in [0.1, 0.15) is 0 Å². The molecule has 5 heteroatoms. The Bertz CT molecular complexity index is 634. The predicted octanol–water partition coefficient (Wildman–Crippen LogP) is 3.53. The fraction of sp³-hybridized carbons (Fsp3) is 0.412. The van der Waals surface area contributed by atoms with Crippen LogP contribution in [-0.4, -0.2) is 38.7 Å². The molecule has 2 rings (SSSR count). The highest BCUT2D eigenvalue weighted by Crippen LogP contribution is 2.26. The van der Waals surface area contributed by atoms with Crippen LogP contribution >= 0.6 is 11.8 Å². The number of carbonyl (C=O) groups excluding carboxylic acids is 1. The van der Waals surface area contributed by atoms with Crippen molar-refractivity contribution in [1.29, 1.82) is 0 Å². The first-order chi connectivity index (χ1) is 10.6. The Balaban J connectivity index is 2.20. The molecule has 1 aromatic carbocycles. The van der Waals surface area contributed by atoms with Gasteiger partial charge in [-0.2, -0.15) is 0 Å². The van der Waals surface area contributed by atoms with Crippen LogP contribution < -0.4 is 0 Å². The fourth-order valence-corrected chi connectivity index (χ4v) is 3.36. The Morgan fingerprint density at radius 1 is 1.32 bits per heavy atom. The summed E-state index contributed by atoms with van der Waals surface area (Å²) >= 11 is 1.51. The largest absolute Gasteiger partial charge is 0.342 e. The van der Waals surface area contributed by atoms with Crippen molar-refractivity contribution < 1.29 is 4.79 Å². The Morgan fingerprint density at radius 2 is 2.00 bits per heavy atom. The summed E-state index contributed by atoms with van der Waals surface area (Å²) in [4.78, 5) is 18.7. The highest BCUT2D eigenvalue weighted by atomic mass is 32.2. The van der Waals surface area contributed by atoms with Gasteiger partial charge >= 0.3 is 0 Å². The molecule has 1 aromatic heterocycles. The van der Waals surface area contributed by atoms with Gasteiger partial charge in [0.2, 0.25) is 5.91 Å². The molecule has 1 atom stereocenters. The molecule has 4 nitrogen and oxygen atoms in total. The molecule has 0 saturated heterocycles. The molecule has 0 bridgehead atoms. The lowest BCUT2D eigenvalue weighted by Crippen LogP contribution is -2.36. The molecule has 0 N–H and O–H groups in total. The molecule has 1 amide bonds. The summed E-state index contributed by atoms with van der Waals surface area (Å²) in [7, 11) is 0. The number of carbonyl (C=O) groups is 1. The van der Waals surface area contributed by atoms with Gasteiger partial charge in [0.15, 0.2) is 5.16 Å².